The predicted molar refractivity (Wildman–Crippen MR) is 62.9 cm³/mol. The predicted octanol–water partition coefficient (Wildman–Crippen LogP) is 2.68. The lowest BCUT2D eigenvalue weighted by atomic mass is 10.2. The summed E-state index contributed by atoms with van der Waals surface area (Å²) in [7, 11) is 0. The van der Waals surface area contributed by atoms with E-state index in [1.54, 1.807) is 0 Å². The zero-order chi connectivity index (χ0) is 10.3. The van der Waals surface area contributed by atoms with Crippen LogP contribution in [0.25, 0.3) is 0 Å². The molecule has 0 spiro atoms. The molecule has 0 atom stereocenters. The zero-order valence-electron chi connectivity index (χ0n) is 8.29. The molecule has 0 saturated heterocycles. The number of thiocarbonyl (C=S) groups is 1. The molecule has 0 radical (unpaired) electrons. The van der Waals surface area contributed by atoms with Gasteiger partial charge in [-0.05, 0) is 30.8 Å². The lowest BCUT2D eigenvalue weighted by molar-refractivity contribution is 1.45. The fraction of sp³-hybridized carbons (Fsp3) is 0.300. The van der Waals surface area contributed by atoms with Gasteiger partial charge in [-0.3, -0.25) is 0 Å². The van der Waals surface area contributed by atoms with Gasteiger partial charge in [0.2, 0.25) is 0 Å². The molecule has 0 aliphatic carbocycles. The Kier molecular flexibility index (Phi) is 5.89. The molecule has 0 aromatic heterocycles. The van der Waals surface area contributed by atoms with Gasteiger partial charge in [0.05, 0.1) is 0 Å². The molecular weight excluding hydrogens is 180 g/mol. The van der Waals surface area contributed by atoms with E-state index in [4.69, 9.17) is 18.0 Å². The van der Waals surface area contributed by atoms with E-state index in [1.165, 1.54) is 0 Å². The molecule has 1 rings (SSSR count). The summed E-state index contributed by atoms with van der Waals surface area (Å²) in [4.78, 5) is 0. The van der Waals surface area contributed by atoms with Crippen molar-refractivity contribution in [2.45, 2.75) is 20.8 Å². The van der Waals surface area contributed by atoms with Crippen LogP contribution in [0.5, 0.6) is 0 Å². The van der Waals surface area contributed by atoms with E-state index in [-0.39, 0.29) is 0 Å². The first-order valence-corrected chi connectivity index (χ1v) is 4.73. The summed E-state index contributed by atoms with van der Waals surface area (Å²) in [5.74, 6) is 0. The van der Waals surface area contributed by atoms with Gasteiger partial charge < -0.3 is 11.1 Å². The third-order valence-corrected chi connectivity index (χ3v) is 1.50. The molecule has 3 heteroatoms. The van der Waals surface area contributed by atoms with E-state index < -0.39 is 0 Å². The van der Waals surface area contributed by atoms with Gasteiger partial charge in [0.15, 0.2) is 5.11 Å². The van der Waals surface area contributed by atoms with E-state index in [0.29, 0.717) is 5.11 Å². The van der Waals surface area contributed by atoms with Crippen LogP contribution in [-0.2, 0) is 0 Å². The summed E-state index contributed by atoms with van der Waals surface area (Å²) in [5, 5.41) is 3.19. The van der Waals surface area contributed by atoms with E-state index in [9.17, 15) is 0 Å². The van der Waals surface area contributed by atoms with Gasteiger partial charge in [0, 0.05) is 5.69 Å². The Balaban J connectivity index is 0.000000671. The maximum Gasteiger partial charge on any atom is 0.168 e. The molecule has 0 aliphatic rings. The van der Waals surface area contributed by atoms with Crippen molar-refractivity contribution in [2.75, 3.05) is 5.32 Å². The number of nitrogens with two attached hydrogens (primary N) is 1. The Morgan fingerprint density at radius 2 is 1.85 bits per heavy atom. The summed E-state index contributed by atoms with van der Waals surface area (Å²) in [5.41, 5.74) is 7.43. The Labute approximate surface area is 85.1 Å². The average Bonchev–Trinajstić information content (AvgIpc) is 2.12. The number of rotatable bonds is 1. The van der Waals surface area contributed by atoms with Crippen LogP contribution in [0.3, 0.4) is 0 Å². The first-order valence-electron chi connectivity index (χ1n) is 4.32. The SMILES string of the molecule is CC.Cc1ccccc1NC(N)=S. The highest BCUT2D eigenvalue weighted by Gasteiger charge is 1.94. The summed E-state index contributed by atoms with van der Waals surface area (Å²) in [6, 6.07) is 7.85. The number of anilines is 1. The van der Waals surface area contributed by atoms with E-state index in [0.717, 1.165) is 11.3 Å². The molecule has 0 heterocycles. The molecule has 0 saturated carbocycles. The second kappa shape index (κ2) is 6.43. The maximum absolute atomic E-state index is 5.31. The van der Waals surface area contributed by atoms with E-state index in [1.807, 2.05) is 45.0 Å². The van der Waals surface area contributed by atoms with Crippen LogP contribution < -0.4 is 11.1 Å². The highest BCUT2D eigenvalue weighted by molar-refractivity contribution is 7.80. The van der Waals surface area contributed by atoms with Crippen molar-refractivity contribution in [1.29, 1.82) is 0 Å². The lowest BCUT2D eigenvalue weighted by Gasteiger charge is -2.05. The fourth-order valence-electron chi connectivity index (χ4n) is 0.846. The average molecular weight is 196 g/mol. The number of hydrogen-bond donors (Lipinski definition) is 2. The largest absolute Gasteiger partial charge is 0.376 e. The molecular formula is C10H16N2S. The third kappa shape index (κ3) is 4.48. The molecule has 1 aromatic rings. The van der Waals surface area contributed by atoms with Crippen LogP contribution in [0.4, 0.5) is 5.69 Å². The molecule has 13 heavy (non-hydrogen) atoms. The van der Waals surface area contributed by atoms with Crippen LogP contribution in [0, 0.1) is 6.92 Å². The van der Waals surface area contributed by atoms with Gasteiger partial charge in [-0.15, -0.1) is 0 Å². The molecule has 0 aliphatic heterocycles. The topological polar surface area (TPSA) is 38.0 Å². The van der Waals surface area contributed by atoms with Gasteiger partial charge >= 0.3 is 0 Å². The van der Waals surface area contributed by atoms with Gasteiger partial charge in [-0.25, -0.2) is 0 Å². The molecule has 2 nitrogen and oxygen atoms in total. The van der Waals surface area contributed by atoms with Crippen LogP contribution in [0.1, 0.15) is 19.4 Å². The highest BCUT2D eigenvalue weighted by Crippen LogP contribution is 2.11. The number of nitrogens with one attached hydrogen (secondary N) is 1. The molecule has 0 amide bonds. The Morgan fingerprint density at radius 3 is 2.31 bits per heavy atom. The molecule has 3 N–H and O–H groups in total. The van der Waals surface area contributed by atoms with Crippen molar-refractivity contribution in [2.24, 2.45) is 5.73 Å². The number of benzene rings is 1. The minimum absolute atomic E-state index is 0.305. The van der Waals surface area contributed by atoms with Gasteiger partial charge in [0.1, 0.15) is 0 Å². The normalized spacial score (nSPS) is 8.23. The van der Waals surface area contributed by atoms with Crippen molar-refractivity contribution in [3.05, 3.63) is 29.8 Å². The molecule has 0 unspecified atom stereocenters. The first kappa shape index (κ1) is 11.9. The molecule has 1 aromatic carbocycles. The Morgan fingerprint density at radius 1 is 1.31 bits per heavy atom. The summed E-state index contributed by atoms with van der Waals surface area (Å²) in [6.07, 6.45) is 0. The first-order chi connectivity index (χ1) is 6.20. The third-order valence-electron chi connectivity index (χ3n) is 1.40. The van der Waals surface area contributed by atoms with E-state index in [2.05, 4.69) is 5.32 Å². The van der Waals surface area contributed by atoms with Crippen molar-refractivity contribution >= 4 is 23.0 Å². The second-order valence-electron chi connectivity index (χ2n) is 2.30. The van der Waals surface area contributed by atoms with Gasteiger partial charge in [0.25, 0.3) is 0 Å². The summed E-state index contributed by atoms with van der Waals surface area (Å²) >= 11 is 4.70. The number of hydrogen-bond acceptors (Lipinski definition) is 1. The number of para-hydroxylation sites is 1. The quantitative estimate of drug-likeness (QED) is 0.678. The highest BCUT2D eigenvalue weighted by atomic mass is 32.1. The van der Waals surface area contributed by atoms with Crippen molar-refractivity contribution in [3.63, 3.8) is 0 Å². The van der Waals surface area contributed by atoms with Crippen molar-refractivity contribution in [1.82, 2.24) is 0 Å². The smallest absolute Gasteiger partial charge is 0.168 e. The molecule has 0 bridgehead atoms. The molecule has 72 valence electrons. The standard InChI is InChI=1S/C8H10N2S.C2H6/c1-6-4-2-3-5-7(6)10-8(9)11;1-2/h2-5H,1H3,(H3,9,10,11);1-2H3. The van der Waals surface area contributed by atoms with Crippen LogP contribution in [-0.4, -0.2) is 5.11 Å². The summed E-state index contributed by atoms with van der Waals surface area (Å²) < 4.78 is 0. The van der Waals surface area contributed by atoms with Gasteiger partial charge in [-0.1, -0.05) is 32.0 Å². The second-order valence-corrected chi connectivity index (χ2v) is 2.74. The van der Waals surface area contributed by atoms with Crippen molar-refractivity contribution in [3.8, 4) is 0 Å². The maximum atomic E-state index is 5.31. The van der Waals surface area contributed by atoms with Gasteiger partial charge in [-0.2, -0.15) is 0 Å². The zero-order valence-corrected chi connectivity index (χ0v) is 9.11. The van der Waals surface area contributed by atoms with Crippen LogP contribution in [0.15, 0.2) is 24.3 Å². The molecule has 0 fully saturated rings. The minimum atomic E-state index is 0.305. The monoisotopic (exact) mass is 196 g/mol. The van der Waals surface area contributed by atoms with Crippen LogP contribution >= 0.6 is 12.2 Å². The summed E-state index contributed by atoms with van der Waals surface area (Å²) in [6.45, 7) is 6.00. The van der Waals surface area contributed by atoms with Crippen molar-refractivity contribution < 1.29 is 0 Å². The van der Waals surface area contributed by atoms with E-state index >= 15 is 0 Å². The van der Waals surface area contributed by atoms with Crippen LogP contribution in [0.2, 0.25) is 0 Å². The Bertz CT molecular complexity index is 271. The number of aryl methyl sites for hydroxylation is 1. The fourth-order valence-corrected chi connectivity index (χ4v) is 0.956. The lowest BCUT2D eigenvalue weighted by Crippen LogP contribution is -2.19. The Hall–Kier alpha value is -1.09. The minimum Gasteiger partial charge on any atom is -0.376 e.